The summed E-state index contributed by atoms with van der Waals surface area (Å²) in [5.41, 5.74) is 1.90. The van der Waals surface area contributed by atoms with Gasteiger partial charge in [-0.2, -0.15) is 0 Å². The van der Waals surface area contributed by atoms with E-state index in [1.54, 1.807) is 0 Å². The molecule has 2 N–H and O–H groups in total. The molecule has 0 radical (unpaired) electrons. The average molecular weight is 411 g/mol. The molecule has 7 heteroatoms. The number of thiophene rings is 1. The van der Waals surface area contributed by atoms with Crippen molar-refractivity contribution in [1.29, 1.82) is 0 Å². The van der Waals surface area contributed by atoms with Crippen molar-refractivity contribution in [2.24, 2.45) is 0 Å². The van der Waals surface area contributed by atoms with Gasteiger partial charge in [0.2, 0.25) is 5.91 Å². The molecule has 0 bridgehead atoms. The third-order valence-corrected chi connectivity index (χ3v) is 6.66. The lowest BCUT2D eigenvalue weighted by molar-refractivity contribution is -0.122. The van der Waals surface area contributed by atoms with Crippen LogP contribution in [0, 0.1) is 0 Å². The van der Waals surface area contributed by atoms with E-state index < -0.39 is 0 Å². The quantitative estimate of drug-likeness (QED) is 0.638. The number of hydrogen-bond donors (Lipinski definition) is 2. The predicted molar refractivity (Wildman–Crippen MR) is 115 cm³/mol. The number of carbonyl (C=O) groups excluding carboxylic acids is 2. The van der Waals surface area contributed by atoms with E-state index in [-0.39, 0.29) is 23.8 Å². The first-order valence-corrected chi connectivity index (χ1v) is 11.0. The van der Waals surface area contributed by atoms with Gasteiger partial charge in [0, 0.05) is 30.3 Å². The van der Waals surface area contributed by atoms with Gasteiger partial charge in [0.25, 0.3) is 5.91 Å². The van der Waals surface area contributed by atoms with Crippen molar-refractivity contribution in [2.45, 2.75) is 45.1 Å². The van der Waals surface area contributed by atoms with Crippen LogP contribution in [0.4, 0.5) is 0 Å². The fraction of sp³-hybridized carbons (Fsp3) is 0.409. The topological polar surface area (TPSA) is 78.1 Å². The first kappa shape index (κ1) is 19.6. The van der Waals surface area contributed by atoms with Gasteiger partial charge >= 0.3 is 0 Å². The Kier molecular flexibility index (Phi) is 5.67. The molecule has 1 aliphatic heterocycles. The van der Waals surface area contributed by atoms with Crippen LogP contribution in [0.3, 0.4) is 0 Å². The van der Waals surface area contributed by atoms with Crippen LogP contribution in [0.15, 0.2) is 36.4 Å². The SMILES string of the molecule is CC(CC(=O)NC(C)c1ccc(C(=O)N2CCCC2)s1)c1nc2ccccc2[nH]1. The number of imidazole rings is 1. The van der Waals surface area contributed by atoms with Crippen molar-refractivity contribution in [3.8, 4) is 0 Å². The summed E-state index contributed by atoms with van der Waals surface area (Å²) in [5.74, 6) is 0.899. The molecule has 3 heterocycles. The summed E-state index contributed by atoms with van der Waals surface area (Å²) >= 11 is 1.47. The molecule has 1 aliphatic rings. The summed E-state index contributed by atoms with van der Waals surface area (Å²) in [6, 6.07) is 11.6. The Morgan fingerprint density at radius 2 is 1.93 bits per heavy atom. The minimum Gasteiger partial charge on any atom is -0.349 e. The van der Waals surface area contributed by atoms with Gasteiger partial charge in [-0.25, -0.2) is 4.98 Å². The van der Waals surface area contributed by atoms with Gasteiger partial charge in [-0.1, -0.05) is 19.1 Å². The highest BCUT2D eigenvalue weighted by Crippen LogP contribution is 2.26. The van der Waals surface area contributed by atoms with E-state index in [4.69, 9.17) is 0 Å². The molecule has 0 saturated carbocycles. The zero-order valence-corrected chi connectivity index (χ0v) is 17.6. The molecule has 152 valence electrons. The Morgan fingerprint density at radius 3 is 2.69 bits per heavy atom. The van der Waals surface area contributed by atoms with Crippen LogP contribution >= 0.6 is 11.3 Å². The highest BCUT2D eigenvalue weighted by molar-refractivity contribution is 7.14. The third-order valence-electron chi connectivity index (χ3n) is 5.40. The molecule has 1 saturated heterocycles. The maximum atomic E-state index is 12.6. The molecule has 6 nitrogen and oxygen atoms in total. The number of benzene rings is 1. The fourth-order valence-electron chi connectivity index (χ4n) is 3.73. The van der Waals surface area contributed by atoms with Crippen LogP contribution in [0.2, 0.25) is 0 Å². The van der Waals surface area contributed by atoms with E-state index >= 15 is 0 Å². The lowest BCUT2D eigenvalue weighted by Gasteiger charge is -2.15. The number of fused-ring (bicyclic) bond motifs is 1. The maximum absolute atomic E-state index is 12.6. The fourth-order valence-corrected chi connectivity index (χ4v) is 4.71. The second kappa shape index (κ2) is 8.37. The molecule has 1 aromatic carbocycles. The van der Waals surface area contributed by atoms with Crippen molar-refractivity contribution in [3.05, 3.63) is 52.0 Å². The zero-order chi connectivity index (χ0) is 20.4. The minimum absolute atomic E-state index is 0.00904. The first-order valence-electron chi connectivity index (χ1n) is 10.1. The second-order valence-corrected chi connectivity index (χ2v) is 8.85. The summed E-state index contributed by atoms with van der Waals surface area (Å²) in [6.45, 7) is 5.65. The van der Waals surface area contributed by atoms with Gasteiger partial charge in [-0.3, -0.25) is 9.59 Å². The molecule has 0 spiro atoms. The van der Waals surface area contributed by atoms with Gasteiger partial charge in [-0.05, 0) is 44.0 Å². The van der Waals surface area contributed by atoms with Crippen molar-refractivity contribution >= 4 is 34.2 Å². The smallest absolute Gasteiger partial charge is 0.263 e. The number of aromatic amines is 1. The summed E-state index contributed by atoms with van der Waals surface area (Å²) in [7, 11) is 0. The number of nitrogens with one attached hydrogen (secondary N) is 2. The number of H-pyrrole nitrogens is 1. The highest BCUT2D eigenvalue weighted by atomic mass is 32.1. The van der Waals surface area contributed by atoms with Crippen LogP contribution in [0.5, 0.6) is 0 Å². The standard InChI is InChI=1S/C22H26N4O2S/c1-14(21-24-16-7-3-4-8-17(16)25-21)13-20(27)23-15(2)18-9-10-19(29-18)22(28)26-11-5-6-12-26/h3-4,7-10,14-15H,5-6,11-13H2,1-2H3,(H,23,27)(H,24,25). The largest absolute Gasteiger partial charge is 0.349 e. The van der Waals surface area contributed by atoms with Gasteiger partial charge in [-0.15, -0.1) is 11.3 Å². The number of aromatic nitrogens is 2. The Morgan fingerprint density at radius 1 is 1.17 bits per heavy atom. The van der Waals surface area contributed by atoms with Crippen molar-refractivity contribution in [2.75, 3.05) is 13.1 Å². The summed E-state index contributed by atoms with van der Waals surface area (Å²) < 4.78 is 0. The Bertz CT molecular complexity index is 986. The Balaban J connectivity index is 1.34. The molecule has 3 aromatic rings. The van der Waals surface area contributed by atoms with Crippen LogP contribution in [0.25, 0.3) is 11.0 Å². The number of para-hydroxylation sites is 2. The third kappa shape index (κ3) is 4.34. The van der Waals surface area contributed by atoms with Crippen LogP contribution in [0.1, 0.15) is 65.4 Å². The molecule has 4 rings (SSSR count). The minimum atomic E-state index is -0.129. The van der Waals surface area contributed by atoms with Gasteiger partial charge in [0.05, 0.1) is 22.0 Å². The van der Waals surface area contributed by atoms with E-state index in [1.165, 1.54) is 11.3 Å². The number of carbonyl (C=O) groups is 2. The van der Waals surface area contributed by atoms with Gasteiger partial charge in [0.1, 0.15) is 5.82 Å². The van der Waals surface area contributed by atoms with E-state index in [2.05, 4.69) is 15.3 Å². The van der Waals surface area contributed by atoms with Crippen molar-refractivity contribution in [3.63, 3.8) is 0 Å². The molecule has 2 unspecified atom stereocenters. The summed E-state index contributed by atoms with van der Waals surface area (Å²) in [5, 5.41) is 3.06. The number of nitrogens with zero attached hydrogens (tertiary/aromatic N) is 2. The van der Waals surface area contributed by atoms with Crippen LogP contribution in [-0.4, -0.2) is 39.8 Å². The lowest BCUT2D eigenvalue weighted by atomic mass is 10.1. The maximum Gasteiger partial charge on any atom is 0.263 e. The second-order valence-electron chi connectivity index (χ2n) is 7.73. The van der Waals surface area contributed by atoms with Gasteiger partial charge in [0.15, 0.2) is 0 Å². The van der Waals surface area contributed by atoms with E-state index in [0.29, 0.717) is 6.42 Å². The lowest BCUT2D eigenvalue weighted by Crippen LogP contribution is -2.27. The first-order chi connectivity index (χ1) is 14.0. The summed E-state index contributed by atoms with van der Waals surface area (Å²) in [4.78, 5) is 36.6. The molecule has 29 heavy (non-hydrogen) atoms. The molecule has 0 aliphatic carbocycles. The molecule has 2 aromatic heterocycles. The van der Waals surface area contributed by atoms with Crippen molar-refractivity contribution in [1.82, 2.24) is 20.2 Å². The highest BCUT2D eigenvalue weighted by Gasteiger charge is 2.22. The van der Waals surface area contributed by atoms with Gasteiger partial charge < -0.3 is 15.2 Å². The molecular formula is C22H26N4O2S. The number of hydrogen-bond acceptors (Lipinski definition) is 4. The van der Waals surface area contributed by atoms with Crippen LogP contribution < -0.4 is 5.32 Å². The number of amides is 2. The molecule has 2 amide bonds. The Labute approximate surface area is 174 Å². The molecular weight excluding hydrogens is 384 g/mol. The zero-order valence-electron chi connectivity index (χ0n) is 16.8. The monoisotopic (exact) mass is 410 g/mol. The molecule has 1 fully saturated rings. The van der Waals surface area contributed by atoms with E-state index in [0.717, 1.165) is 52.5 Å². The van der Waals surface area contributed by atoms with Crippen molar-refractivity contribution < 1.29 is 9.59 Å². The number of rotatable bonds is 6. The average Bonchev–Trinajstić information content (AvgIpc) is 3.47. The van der Waals surface area contributed by atoms with Crippen LogP contribution in [-0.2, 0) is 4.79 Å². The van der Waals surface area contributed by atoms with E-state index in [1.807, 2.05) is 55.1 Å². The number of likely N-dealkylation sites (tertiary alicyclic amines) is 1. The Hall–Kier alpha value is -2.67. The van der Waals surface area contributed by atoms with E-state index in [9.17, 15) is 9.59 Å². The molecule has 2 atom stereocenters. The predicted octanol–water partition coefficient (Wildman–Crippen LogP) is 4.23. The summed E-state index contributed by atoms with van der Waals surface area (Å²) in [6.07, 6.45) is 2.52. The normalized spacial score (nSPS) is 16.1.